The maximum atomic E-state index is 12.7. The number of allylic oxidation sites excluding steroid dienone is 12. The summed E-state index contributed by atoms with van der Waals surface area (Å²) in [5.74, 6) is -1.81. The summed E-state index contributed by atoms with van der Waals surface area (Å²) in [6, 6.07) is -1.48. The SMILES string of the molecule is CC/C=C\C/C=C\C/C=C\C/C=C\C/C=C\C/C=C\CCCCCCC(=O)OC(COCCCCCCCCCCCCCCCCC)COP(=O)(O)OCC(N)C(=O)O. The van der Waals surface area contributed by atoms with E-state index in [9.17, 15) is 19.0 Å². The van der Waals surface area contributed by atoms with Crippen LogP contribution in [0.2, 0.25) is 0 Å². The molecule has 0 aromatic rings. The number of phosphoric ester groups is 1. The molecule has 346 valence electrons. The molecule has 0 amide bonds. The Morgan fingerprint density at radius 1 is 0.550 bits per heavy atom. The summed E-state index contributed by atoms with van der Waals surface area (Å²) in [4.78, 5) is 33.6. The first-order chi connectivity index (χ1) is 29.2. The lowest BCUT2D eigenvalue weighted by Crippen LogP contribution is -2.34. The van der Waals surface area contributed by atoms with Gasteiger partial charge in [-0.15, -0.1) is 0 Å². The van der Waals surface area contributed by atoms with Gasteiger partial charge in [0.15, 0.2) is 0 Å². The fourth-order valence-electron chi connectivity index (χ4n) is 6.14. The van der Waals surface area contributed by atoms with Gasteiger partial charge in [0.1, 0.15) is 12.1 Å². The number of carbonyl (C=O) groups excluding carboxylic acids is 1. The highest BCUT2D eigenvalue weighted by atomic mass is 31.2. The number of carbonyl (C=O) groups is 2. The Labute approximate surface area is 365 Å². The van der Waals surface area contributed by atoms with E-state index in [2.05, 4.69) is 86.8 Å². The topological polar surface area (TPSA) is 155 Å². The fraction of sp³-hybridized carbons (Fsp3) is 0.714. The number of unbranched alkanes of at least 4 members (excludes halogenated alkanes) is 18. The van der Waals surface area contributed by atoms with Gasteiger partial charge in [0.25, 0.3) is 0 Å². The summed E-state index contributed by atoms with van der Waals surface area (Å²) in [6.07, 6.45) is 55.2. The van der Waals surface area contributed by atoms with Gasteiger partial charge >= 0.3 is 19.8 Å². The summed E-state index contributed by atoms with van der Waals surface area (Å²) in [7, 11) is -4.63. The van der Waals surface area contributed by atoms with Gasteiger partial charge in [-0.1, -0.05) is 189 Å². The molecule has 0 rings (SSSR count). The molecular weight excluding hydrogens is 778 g/mol. The van der Waals surface area contributed by atoms with Crippen LogP contribution in [0.25, 0.3) is 0 Å². The average molecular weight is 864 g/mol. The van der Waals surface area contributed by atoms with Gasteiger partial charge in [0.05, 0.1) is 19.8 Å². The molecule has 0 bridgehead atoms. The summed E-state index contributed by atoms with van der Waals surface area (Å²) >= 11 is 0. The summed E-state index contributed by atoms with van der Waals surface area (Å²) < 4.78 is 33.4. The van der Waals surface area contributed by atoms with Crippen molar-refractivity contribution in [1.82, 2.24) is 0 Å². The molecule has 0 aromatic heterocycles. The Hall–Kier alpha value is -2.59. The van der Waals surface area contributed by atoms with E-state index in [-0.39, 0.29) is 13.0 Å². The van der Waals surface area contributed by atoms with E-state index < -0.39 is 45.1 Å². The van der Waals surface area contributed by atoms with Crippen molar-refractivity contribution < 1.29 is 42.7 Å². The van der Waals surface area contributed by atoms with Crippen LogP contribution in [0.15, 0.2) is 72.9 Å². The second-order valence-corrected chi connectivity index (χ2v) is 17.0. The highest BCUT2D eigenvalue weighted by molar-refractivity contribution is 7.47. The van der Waals surface area contributed by atoms with Crippen LogP contribution in [0.5, 0.6) is 0 Å². The molecule has 11 heteroatoms. The molecule has 3 atom stereocenters. The van der Waals surface area contributed by atoms with Crippen LogP contribution in [-0.2, 0) is 32.7 Å². The van der Waals surface area contributed by atoms with Crippen molar-refractivity contribution >= 4 is 19.8 Å². The standard InChI is InChI=1S/C49H86NO9P/c1-3-5-7-9-11-13-15-17-19-20-21-22-23-24-25-26-27-29-31-33-35-37-39-41-48(51)59-46(44-57-60(54,55)58-45-47(50)49(52)53)43-56-42-40-38-36-34-32-30-28-18-16-14-12-10-8-6-4-2/h5,7,11,13,17,19,21-22,24-25,27,29,46-47H,3-4,6,8-10,12,14-16,18,20,23,26,28,30-45,50H2,1-2H3,(H,52,53)(H,54,55)/b7-5-,13-11-,19-17-,22-21-,25-24-,29-27-. The zero-order valence-electron chi connectivity index (χ0n) is 37.8. The first-order valence-corrected chi connectivity index (χ1v) is 25.0. The van der Waals surface area contributed by atoms with Crippen LogP contribution in [0, 0.1) is 0 Å². The largest absolute Gasteiger partial charge is 0.480 e. The fourth-order valence-corrected chi connectivity index (χ4v) is 6.91. The highest BCUT2D eigenvalue weighted by Gasteiger charge is 2.27. The smallest absolute Gasteiger partial charge is 0.472 e. The quantitative estimate of drug-likeness (QED) is 0.0233. The minimum Gasteiger partial charge on any atom is -0.480 e. The van der Waals surface area contributed by atoms with Gasteiger partial charge in [0, 0.05) is 13.0 Å². The molecular formula is C49H86NO9P. The third-order valence-corrected chi connectivity index (χ3v) is 10.7. The van der Waals surface area contributed by atoms with Crippen molar-refractivity contribution in [2.24, 2.45) is 5.73 Å². The van der Waals surface area contributed by atoms with Crippen LogP contribution >= 0.6 is 7.82 Å². The molecule has 60 heavy (non-hydrogen) atoms. The van der Waals surface area contributed by atoms with E-state index in [1.54, 1.807) is 0 Å². The zero-order chi connectivity index (χ0) is 44.0. The van der Waals surface area contributed by atoms with E-state index >= 15 is 0 Å². The number of carboxylic acid groups (broad SMARTS) is 1. The summed E-state index contributed by atoms with van der Waals surface area (Å²) in [5.41, 5.74) is 5.36. The van der Waals surface area contributed by atoms with Crippen LogP contribution in [0.1, 0.15) is 187 Å². The minimum atomic E-state index is -4.63. The number of phosphoric acid groups is 1. The normalized spacial score (nSPS) is 14.5. The van der Waals surface area contributed by atoms with E-state index in [4.69, 9.17) is 29.4 Å². The predicted molar refractivity (Wildman–Crippen MR) is 249 cm³/mol. The van der Waals surface area contributed by atoms with Crippen molar-refractivity contribution in [3.8, 4) is 0 Å². The van der Waals surface area contributed by atoms with Gasteiger partial charge in [-0.25, -0.2) is 4.57 Å². The van der Waals surface area contributed by atoms with Gasteiger partial charge in [-0.2, -0.15) is 0 Å². The number of nitrogens with two attached hydrogens (primary N) is 1. The number of hydrogen-bond donors (Lipinski definition) is 3. The second-order valence-electron chi connectivity index (χ2n) is 15.5. The first kappa shape index (κ1) is 57.4. The van der Waals surface area contributed by atoms with Crippen molar-refractivity contribution in [3.63, 3.8) is 0 Å². The number of esters is 1. The molecule has 3 unspecified atom stereocenters. The lowest BCUT2D eigenvalue weighted by Gasteiger charge is -2.20. The maximum absolute atomic E-state index is 12.7. The summed E-state index contributed by atoms with van der Waals surface area (Å²) in [5, 5.41) is 8.91. The van der Waals surface area contributed by atoms with E-state index in [0.29, 0.717) is 13.0 Å². The van der Waals surface area contributed by atoms with Crippen LogP contribution < -0.4 is 5.73 Å². The zero-order valence-corrected chi connectivity index (χ0v) is 38.7. The summed E-state index contributed by atoms with van der Waals surface area (Å²) in [6.45, 7) is 3.74. The van der Waals surface area contributed by atoms with Gasteiger partial charge in [-0.3, -0.25) is 18.6 Å². The van der Waals surface area contributed by atoms with Crippen molar-refractivity contribution in [2.45, 2.75) is 199 Å². The second kappa shape index (κ2) is 44.5. The van der Waals surface area contributed by atoms with E-state index in [1.807, 2.05) is 0 Å². The number of aliphatic carboxylic acids is 1. The van der Waals surface area contributed by atoms with Crippen LogP contribution in [-0.4, -0.2) is 60.5 Å². The lowest BCUT2D eigenvalue weighted by atomic mass is 10.0. The van der Waals surface area contributed by atoms with E-state index in [1.165, 1.54) is 77.0 Å². The third kappa shape index (κ3) is 43.5. The maximum Gasteiger partial charge on any atom is 0.472 e. The minimum absolute atomic E-state index is 0.00490. The Morgan fingerprint density at radius 2 is 0.967 bits per heavy atom. The molecule has 0 aliphatic rings. The van der Waals surface area contributed by atoms with Crippen LogP contribution in [0.3, 0.4) is 0 Å². The third-order valence-electron chi connectivity index (χ3n) is 9.75. The molecule has 0 spiro atoms. The number of hydrogen-bond acceptors (Lipinski definition) is 8. The van der Waals surface area contributed by atoms with E-state index in [0.717, 1.165) is 83.5 Å². The van der Waals surface area contributed by atoms with Crippen LogP contribution in [0.4, 0.5) is 0 Å². The molecule has 0 heterocycles. The Balaban J connectivity index is 4.26. The molecule has 10 nitrogen and oxygen atoms in total. The Bertz CT molecular complexity index is 1230. The monoisotopic (exact) mass is 864 g/mol. The highest BCUT2D eigenvalue weighted by Crippen LogP contribution is 2.43. The average Bonchev–Trinajstić information content (AvgIpc) is 3.23. The first-order valence-electron chi connectivity index (χ1n) is 23.5. The predicted octanol–water partition coefficient (Wildman–Crippen LogP) is 13.4. The molecule has 0 radical (unpaired) electrons. The van der Waals surface area contributed by atoms with Crippen molar-refractivity contribution in [3.05, 3.63) is 72.9 Å². The molecule has 4 N–H and O–H groups in total. The van der Waals surface area contributed by atoms with Gasteiger partial charge in [-0.05, 0) is 64.2 Å². The Kier molecular flexibility index (Phi) is 42.5. The van der Waals surface area contributed by atoms with Crippen molar-refractivity contribution in [1.29, 1.82) is 0 Å². The molecule has 0 fully saturated rings. The molecule has 0 saturated carbocycles. The number of carboxylic acids is 1. The van der Waals surface area contributed by atoms with Gasteiger partial charge in [0.2, 0.25) is 0 Å². The van der Waals surface area contributed by atoms with Crippen molar-refractivity contribution in [2.75, 3.05) is 26.4 Å². The lowest BCUT2D eigenvalue weighted by molar-refractivity contribution is -0.154. The molecule has 0 saturated heterocycles. The van der Waals surface area contributed by atoms with Gasteiger partial charge < -0.3 is 25.2 Å². The Morgan fingerprint density at radius 3 is 1.45 bits per heavy atom. The molecule has 0 aromatic carbocycles. The number of ether oxygens (including phenoxy) is 2. The molecule has 0 aliphatic carbocycles. The molecule has 0 aliphatic heterocycles. The number of rotatable bonds is 44.